The first-order chi connectivity index (χ1) is 11.1. The van der Waals surface area contributed by atoms with Gasteiger partial charge >= 0.3 is 0 Å². The highest BCUT2D eigenvalue weighted by Gasteiger charge is 2.16. The average Bonchev–Trinajstić information content (AvgIpc) is 2.94. The summed E-state index contributed by atoms with van der Waals surface area (Å²) in [6.45, 7) is 4.77. The molecule has 1 aliphatic carbocycles. The maximum atomic E-state index is 12.4. The van der Waals surface area contributed by atoms with Crippen LogP contribution in [0.25, 0.3) is 0 Å². The molecular formula is C18H25N3OS. The van der Waals surface area contributed by atoms with Crippen molar-refractivity contribution < 1.29 is 4.79 Å². The Morgan fingerprint density at radius 1 is 1.30 bits per heavy atom. The van der Waals surface area contributed by atoms with Crippen LogP contribution in [0.5, 0.6) is 0 Å². The Hall–Kier alpha value is -1.62. The van der Waals surface area contributed by atoms with E-state index in [0.717, 1.165) is 29.8 Å². The predicted octanol–water partition coefficient (Wildman–Crippen LogP) is 3.34. The summed E-state index contributed by atoms with van der Waals surface area (Å²) >= 11 is 1.68. The van der Waals surface area contributed by atoms with Crippen LogP contribution < -0.4 is 5.32 Å². The lowest BCUT2D eigenvalue weighted by Crippen LogP contribution is -2.25. The molecule has 0 saturated heterocycles. The first-order valence-electron chi connectivity index (χ1n) is 8.45. The molecule has 1 N–H and O–H groups in total. The predicted molar refractivity (Wildman–Crippen MR) is 94.3 cm³/mol. The summed E-state index contributed by atoms with van der Waals surface area (Å²) in [6, 6.07) is 2.11. The number of nitrogens with one attached hydrogen (secondary N) is 1. The molecule has 5 heteroatoms. The van der Waals surface area contributed by atoms with Gasteiger partial charge in [0, 0.05) is 24.2 Å². The van der Waals surface area contributed by atoms with Gasteiger partial charge < -0.3 is 5.32 Å². The van der Waals surface area contributed by atoms with Gasteiger partial charge in [0.25, 0.3) is 5.91 Å². The zero-order chi connectivity index (χ0) is 16.4. The molecule has 0 spiro atoms. The van der Waals surface area contributed by atoms with E-state index < -0.39 is 0 Å². The Kier molecular flexibility index (Phi) is 4.85. The molecule has 0 fully saturated rings. The van der Waals surface area contributed by atoms with Gasteiger partial charge in [0.05, 0.1) is 10.6 Å². The van der Waals surface area contributed by atoms with E-state index in [0.29, 0.717) is 6.54 Å². The number of thiophene rings is 1. The van der Waals surface area contributed by atoms with Gasteiger partial charge in [-0.25, -0.2) is 0 Å². The minimum Gasteiger partial charge on any atom is -0.351 e. The molecule has 23 heavy (non-hydrogen) atoms. The van der Waals surface area contributed by atoms with Crippen LogP contribution in [0.2, 0.25) is 0 Å². The molecule has 0 saturated carbocycles. The molecule has 3 rings (SSSR count). The smallest absolute Gasteiger partial charge is 0.261 e. The normalized spacial score (nSPS) is 14.4. The molecule has 124 valence electrons. The van der Waals surface area contributed by atoms with Crippen molar-refractivity contribution in [3.8, 4) is 0 Å². The van der Waals surface area contributed by atoms with E-state index in [4.69, 9.17) is 0 Å². The first-order valence-corrected chi connectivity index (χ1v) is 9.26. The van der Waals surface area contributed by atoms with Gasteiger partial charge in [-0.2, -0.15) is 5.10 Å². The van der Waals surface area contributed by atoms with Crippen molar-refractivity contribution in [1.29, 1.82) is 0 Å². The minimum atomic E-state index is 0.0715. The highest BCUT2D eigenvalue weighted by atomic mass is 32.1. The number of hydrogen-bond acceptors (Lipinski definition) is 3. The fourth-order valence-electron chi connectivity index (χ4n) is 3.35. The number of carbonyl (C=O) groups excluding carboxylic acids is 1. The molecule has 0 radical (unpaired) electrons. The summed E-state index contributed by atoms with van der Waals surface area (Å²) in [5.41, 5.74) is 4.88. The van der Waals surface area contributed by atoms with Crippen molar-refractivity contribution in [2.45, 2.75) is 52.4 Å². The van der Waals surface area contributed by atoms with Crippen LogP contribution >= 0.6 is 11.3 Å². The zero-order valence-electron chi connectivity index (χ0n) is 14.2. The van der Waals surface area contributed by atoms with Crippen molar-refractivity contribution in [1.82, 2.24) is 15.1 Å². The van der Waals surface area contributed by atoms with Crippen LogP contribution in [-0.2, 0) is 26.3 Å². The standard InChI is InChI=1S/C18H25N3OS/c1-12-15(13(2)21(3)20-12)9-10-19-18(22)17-11-14-7-5-4-6-8-16(14)23-17/h11H,4-10H2,1-3H3,(H,19,22). The molecule has 2 aromatic rings. The third kappa shape index (κ3) is 3.50. The monoisotopic (exact) mass is 331 g/mol. The Bertz CT molecular complexity index is 691. The minimum absolute atomic E-state index is 0.0715. The van der Waals surface area contributed by atoms with Gasteiger partial charge in [0.2, 0.25) is 0 Å². The largest absolute Gasteiger partial charge is 0.351 e. The average molecular weight is 331 g/mol. The maximum Gasteiger partial charge on any atom is 0.261 e. The third-order valence-corrected chi connectivity index (χ3v) is 6.03. The summed E-state index contributed by atoms with van der Waals surface area (Å²) in [7, 11) is 1.96. The van der Waals surface area contributed by atoms with Crippen molar-refractivity contribution in [3.63, 3.8) is 0 Å². The van der Waals surface area contributed by atoms with E-state index in [1.54, 1.807) is 11.3 Å². The van der Waals surface area contributed by atoms with Gasteiger partial charge in [-0.3, -0.25) is 9.48 Å². The molecule has 1 amide bonds. The Labute approximate surface area is 141 Å². The fraction of sp³-hybridized carbons (Fsp3) is 0.556. The van der Waals surface area contributed by atoms with Crippen LogP contribution in [0, 0.1) is 13.8 Å². The van der Waals surface area contributed by atoms with E-state index >= 15 is 0 Å². The number of aromatic nitrogens is 2. The topological polar surface area (TPSA) is 46.9 Å². The van der Waals surface area contributed by atoms with Crippen molar-refractivity contribution in [2.24, 2.45) is 7.05 Å². The Morgan fingerprint density at radius 2 is 2.09 bits per heavy atom. The second kappa shape index (κ2) is 6.87. The fourth-order valence-corrected chi connectivity index (χ4v) is 4.52. The molecule has 2 heterocycles. The van der Waals surface area contributed by atoms with Crippen LogP contribution in [0.4, 0.5) is 0 Å². The van der Waals surface area contributed by atoms with Crippen molar-refractivity contribution >= 4 is 17.2 Å². The highest BCUT2D eigenvalue weighted by molar-refractivity contribution is 7.14. The first kappa shape index (κ1) is 16.2. The number of fused-ring (bicyclic) bond motifs is 1. The SMILES string of the molecule is Cc1nn(C)c(C)c1CCNC(=O)c1cc2c(s1)CCCCC2. The molecule has 0 atom stereocenters. The third-order valence-electron chi connectivity index (χ3n) is 4.79. The molecule has 0 aliphatic heterocycles. The van der Waals surface area contributed by atoms with E-state index in [1.165, 1.54) is 41.0 Å². The second-order valence-corrected chi connectivity index (χ2v) is 7.54. The zero-order valence-corrected chi connectivity index (χ0v) is 15.1. The molecular weight excluding hydrogens is 306 g/mol. The van der Waals surface area contributed by atoms with Gasteiger partial charge in [-0.15, -0.1) is 11.3 Å². The molecule has 0 bridgehead atoms. The van der Waals surface area contributed by atoms with Gasteiger partial charge in [0.1, 0.15) is 0 Å². The van der Waals surface area contributed by atoms with E-state index in [1.807, 2.05) is 18.7 Å². The molecule has 1 aliphatic rings. The summed E-state index contributed by atoms with van der Waals surface area (Å²) < 4.78 is 1.91. The lowest BCUT2D eigenvalue weighted by atomic mass is 10.1. The number of nitrogens with zero attached hydrogens (tertiary/aromatic N) is 2. The molecule has 4 nitrogen and oxygen atoms in total. The highest BCUT2D eigenvalue weighted by Crippen LogP contribution is 2.28. The van der Waals surface area contributed by atoms with E-state index in [2.05, 4.69) is 23.4 Å². The number of rotatable bonds is 4. The van der Waals surface area contributed by atoms with Gasteiger partial charge in [-0.05, 0) is 63.1 Å². The maximum absolute atomic E-state index is 12.4. The summed E-state index contributed by atoms with van der Waals surface area (Å²) in [4.78, 5) is 14.7. The van der Waals surface area contributed by atoms with Crippen LogP contribution in [-0.4, -0.2) is 22.2 Å². The summed E-state index contributed by atoms with van der Waals surface area (Å²) in [5, 5.41) is 7.50. The second-order valence-electron chi connectivity index (χ2n) is 6.40. The summed E-state index contributed by atoms with van der Waals surface area (Å²) in [5.74, 6) is 0.0715. The lowest BCUT2D eigenvalue weighted by Gasteiger charge is -2.04. The molecule has 0 aromatic carbocycles. The van der Waals surface area contributed by atoms with Crippen LogP contribution in [0.1, 0.15) is 56.3 Å². The molecule has 0 unspecified atom stereocenters. The molecule has 2 aromatic heterocycles. The Morgan fingerprint density at radius 3 is 2.83 bits per heavy atom. The number of aryl methyl sites for hydroxylation is 4. The van der Waals surface area contributed by atoms with Crippen molar-refractivity contribution in [3.05, 3.63) is 38.3 Å². The van der Waals surface area contributed by atoms with Crippen LogP contribution in [0.3, 0.4) is 0 Å². The Balaban J connectivity index is 1.59. The van der Waals surface area contributed by atoms with Crippen molar-refractivity contribution in [2.75, 3.05) is 6.54 Å². The van der Waals surface area contributed by atoms with E-state index in [-0.39, 0.29) is 5.91 Å². The number of amides is 1. The number of carbonyl (C=O) groups is 1. The summed E-state index contributed by atoms with van der Waals surface area (Å²) in [6.07, 6.45) is 6.93. The van der Waals surface area contributed by atoms with Crippen LogP contribution in [0.15, 0.2) is 6.07 Å². The quantitative estimate of drug-likeness (QED) is 0.874. The number of hydrogen-bond donors (Lipinski definition) is 1. The lowest BCUT2D eigenvalue weighted by molar-refractivity contribution is 0.0958. The van der Waals surface area contributed by atoms with E-state index in [9.17, 15) is 4.79 Å². The van der Waals surface area contributed by atoms with Gasteiger partial charge in [0.15, 0.2) is 0 Å². The van der Waals surface area contributed by atoms with Gasteiger partial charge in [-0.1, -0.05) is 6.42 Å².